The maximum atomic E-state index is 13.6. The van der Waals surface area contributed by atoms with E-state index in [1.54, 1.807) is 60.8 Å². The highest BCUT2D eigenvalue weighted by Crippen LogP contribution is 2.18. The number of primary amides is 1. The van der Waals surface area contributed by atoms with Crippen LogP contribution in [0.5, 0.6) is 0 Å². The van der Waals surface area contributed by atoms with Crippen molar-refractivity contribution in [3.8, 4) is 0 Å². The molecule has 1 aromatic carbocycles. The lowest BCUT2D eigenvalue weighted by atomic mass is 10.0. The summed E-state index contributed by atoms with van der Waals surface area (Å²) in [6.07, 6.45) is 0.445. The number of alkyl carbamates (subject to hydrolysis) is 1. The van der Waals surface area contributed by atoms with Gasteiger partial charge in [-0.3, -0.25) is 19.3 Å². The molecule has 1 aromatic rings. The van der Waals surface area contributed by atoms with Gasteiger partial charge in [0.15, 0.2) is 0 Å². The Morgan fingerprint density at radius 1 is 0.955 bits per heavy atom. The van der Waals surface area contributed by atoms with Crippen LogP contribution in [0.15, 0.2) is 24.3 Å². The minimum absolute atomic E-state index is 0.0385. The molecule has 0 heterocycles. The zero-order chi connectivity index (χ0) is 33.8. The van der Waals surface area contributed by atoms with Gasteiger partial charge in [-0.15, -0.1) is 0 Å². The molecule has 6 N–H and O–H groups in total. The van der Waals surface area contributed by atoms with E-state index < -0.39 is 47.7 Å². The molecule has 0 spiro atoms. The molecule has 248 valence electrons. The average molecular weight is 621 g/mol. The van der Waals surface area contributed by atoms with E-state index in [1.165, 1.54) is 4.90 Å². The van der Waals surface area contributed by atoms with Crippen molar-refractivity contribution < 1.29 is 33.8 Å². The molecular formula is C31H52N6O7. The number of nitrogens with zero attached hydrogens (tertiary/aromatic N) is 2. The Morgan fingerprint density at radius 2 is 1.55 bits per heavy atom. The number of hydrogen-bond donors (Lipinski definition) is 5. The maximum Gasteiger partial charge on any atom is 0.408 e. The standard InChI is InChI=1S/C31H52N6O7/c1-19(2)24(35-30(43)44-31(5,6)7)26(38)34-23(11-10-17-33-29(32)42)27(39)37(9)22-14-12-21(13-15-22)16-18-36(8)25(20(3)4)28(40)41/h12-15,19-20,23-25H,10-11,16-18H2,1-9H3,(H,34,38)(H,35,43)(H,40,41)(H3,32,33,42). The van der Waals surface area contributed by atoms with E-state index in [9.17, 15) is 29.1 Å². The molecule has 0 aromatic heterocycles. The third kappa shape index (κ3) is 13.2. The fourth-order valence-corrected chi connectivity index (χ4v) is 4.68. The van der Waals surface area contributed by atoms with Crippen LogP contribution < -0.4 is 26.6 Å². The van der Waals surface area contributed by atoms with Crippen LogP contribution in [0.4, 0.5) is 15.3 Å². The van der Waals surface area contributed by atoms with Gasteiger partial charge < -0.3 is 36.4 Å². The summed E-state index contributed by atoms with van der Waals surface area (Å²) in [5.41, 5.74) is 5.97. The monoisotopic (exact) mass is 620 g/mol. The van der Waals surface area contributed by atoms with Crippen molar-refractivity contribution in [1.29, 1.82) is 0 Å². The van der Waals surface area contributed by atoms with Gasteiger partial charge in [0.2, 0.25) is 11.8 Å². The first-order valence-electron chi connectivity index (χ1n) is 15.0. The Morgan fingerprint density at radius 3 is 2.02 bits per heavy atom. The second-order valence-electron chi connectivity index (χ2n) is 12.7. The van der Waals surface area contributed by atoms with Crippen LogP contribution in [0, 0.1) is 11.8 Å². The minimum atomic E-state index is -0.957. The summed E-state index contributed by atoms with van der Waals surface area (Å²) in [7, 11) is 3.39. The van der Waals surface area contributed by atoms with E-state index >= 15 is 0 Å². The summed E-state index contributed by atoms with van der Waals surface area (Å²) < 4.78 is 5.31. The quantitative estimate of drug-likeness (QED) is 0.175. The van der Waals surface area contributed by atoms with Crippen molar-refractivity contribution >= 4 is 35.6 Å². The first-order chi connectivity index (χ1) is 20.3. The molecular weight excluding hydrogens is 568 g/mol. The molecule has 13 nitrogen and oxygen atoms in total. The van der Waals surface area contributed by atoms with E-state index in [2.05, 4.69) is 16.0 Å². The van der Waals surface area contributed by atoms with E-state index in [0.717, 1.165) is 5.56 Å². The number of nitrogens with two attached hydrogens (primary N) is 1. The van der Waals surface area contributed by atoms with Gasteiger partial charge >= 0.3 is 18.1 Å². The Balaban J connectivity index is 3.05. The van der Waals surface area contributed by atoms with Gasteiger partial charge in [0.1, 0.15) is 23.7 Å². The molecule has 0 aliphatic carbocycles. The number of urea groups is 1. The van der Waals surface area contributed by atoms with Crippen LogP contribution >= 0.6 is 0 Å². The van der Waals surface area contributed by atoms with Crippen LogP contribution in [-0.4, -0.2) is 90.8 Å². The van der Waals surface area contributed by atoms with Crippen molar-refractivity contribution in [3.63, 3.8) is 0 Å². The van der Waals surface area contributed by atoms with Crippen molar-refractivity contribution in [2.45, 2.75) is 91.5 Å². The second kappa shape index (κ2) is 17.4. The third-order valence-corrected chi connectivity index (χ3v) is 6.97. The molecule has 44 heavy (non-hydrogen) atoms. The van der Waals surface area contributed by atoms with E-state index in [-0.39, 0.29) is 30.7 Å². The summed E-state index contributed by atoms with van der Waals surface area (Å²) in [5, 5.41) is 17.4. The number of carbonyl (C=O) groups is 5. The van der Waals surface area contributed by atoms with Gasteiger partial charge in [0.25, 0.3) is 0 Å². The smallest absolute Gasteiger partial charge is 0.408 e. The molecule has 3 unspecified atom stereocenters. The lowest BCUT2D eigenvalue weighted by molar-refractivity contribution is -0.144. The lowest BCUT2D eigenvalue weighted by Gasteiger charge is -2.29. The van der Waals surface area contributed by atoms with Gasteiger partial charge in [0, 0.05) is 25.8 Å². The van der Waals surface area contributed by atoms with E-state index in [0.29, 0.717) is 25.1 Å². The first-order valence-corrected chi connectivity index (χ1v) is 15.0. The normalized spacial score (nSPS) is 13.6. The van der Waals surface area contributed by atoms with Crippen LogP contribution in [0.2, 0.25) is 0 Å². The van der Waals surface area contributed by atoms with Gasteiger partial charge in [0.05, 0.1) is 0 Å². The highest BCUT2D eigenvalue weighted by atomic mass is 16.6. The number of rotatable bonds is 16. The fourth-order valence-electron chi connectivity index (χ4n) is 4.68. The van der Waals surface area contributed by atoms with Crippen molar-refractivity contribution in [2.24, 2.45) is 17.6 Å². The molecule has 0 saturated heterocycles. The van der Waals surface area contributed by atoms with Crippen molar-refractivity contribution in [2.75, 3.05) is 32.1 Å². The number of ether oxygens (including phenoxy) is 1. The number of nitrogens with one attached hydrogen (secondary N) is 3. The largest absolute Gasteiger partial charge is 0.480 e. The molecule has 0 fully saturated rings. The summed E-state index contributed by atoms with van der Waals surface area (Å²) >= 11 is 0. The SMILES string of the molecule is CC(C)C(NC(=O)OC(C)(C)C)C(=O)NC(CCCNC(N)=O)C(=O)N(C)c1ccc(CCN(C)C(C(=O)O)C(C)C)cc1. The Kier molecular flexibility index (Phi) is 15.1. The molecule has 0 radical (unpaired) electrons. The number of carbonyl (C=O) groups excluding carboxylic acids is 4. The van der Waals surface area contributed by atoms with Gasteiger partial charge in [-0.2, -0.15) is 0 Å². The summed E-state index contributed by atoms with van der Waals surface area (Å²) in [4.78, 5) is 65.3. The highest BCUT2D eigenvalue weighted by Gasteiger charge is 2.32. The molecule has 1 rings (SSSR count). The van der Waals surface area contributed by atoms with Crippen LogP contribution in [0.25, 0.3) is 0 Å². The van der Waals surface area contributed by atoms with Crippen LogP contribution in [-0.2, 0) is 25.5 Å². The zero-order valence-electron chi connectivity index (χ0n) is 27.6. The summed E-state index contributed by atoms with van der Waals surface area (Å²) in [6, 6.07) is 4.15. The maximum absolute atomic E-state index is 13.6. The number of carboxylic acids is 1. The number of aliphatic carboxylic acids is 1. The van der Waals surface area contributed by atoms with Crippen LogP contribution in [0.3, 0.4) is 0 Å². The second-order valence-corrected chi connectivity index (χ2v) is 12.7. The van der Waals surface area contributed by atoms with Crippen molar-refractivity contribution in [1.82, 2.24) is 20.9 Å². The van der Waals surface area contributed by atoms with E-state index in [1.807, 2.05) is 30.9 Å². The summed E-state index contributed by atoms with van der Waals surface area (Å²) in [5.74, 6) is -2.12. The van der Waals surface area contributed by atoms with E-state index in [4.69, 9.17) is 10.5 Å². The number of hydrogen-bond acceptors (Lipinski definition) is 7. The number of benzene rings is 1. The summed E-state index contributed by atoms with van der Waals surface area (Å²) in [6.45, 7) is 13.2. The Labute approximate surface area is 261 Å². The minimum Gasteiger partial charge on any atom is -0.480 e. The number of carboxylic acid groups (broad SMARTS) is 1. The molecule has 0 saturated carbocycles. The lowest BCUT2D eigenvalue weighted by Crippen LogP contribution is -2.56. The highest BCUT2D eigenvalue weighted by molar-refractivity contribution is 5.99. The molecule has 3 atom stereocenters. The fraction of sp³-hybridized carbons (Fsp3) is 0.645. The zero-order valence-corrected chi connectivity index (χ0v) is 27.6. The first kappa shape index (κ1) is 38.2. The molecule has 0 bridgehead atoms. The Bertz CT molecular complexity index is 1120. The predicted octanol–water partition coefficient (Wildman–Crippen LogP) is 2.72. The Hall–Kier alpha value is -3.87. The molecule has 0 aliphatic rings. The molecule has 0 aliphatic heterocycles. The van der Waals surface area contributed by atoms with Gasteiger partial charge in [-0.05, 0) is 76.6 Å². The topological polar surface area (TPSA) is 183 Å². The predicted molar refractivity (Wildman–Crippen MR) is 169 cm³/mol. The third-order valence-electron chi connectivity index (χ3n) is 6.97. The molecule has 13 heteroatoms. The van der Waals surface area contributed by atoms with Gasteiger partial charge in [-0.1, -0.05) is 39.8 Å². The van der Waals surface area contributed by atoms with Gasteiger partial charge in [-0.25, -0.2) is 9.59 Å². The number of amides is 5. The van der Waals surface area contributed by atoms with Crippen molar-refractivity contribution in [3.05, 3.63) is 29.8 Å². The average Bonchev–Trinajstić information content (AvgIpc) is 2.89. The van der Waals surface area contributed by atoms with Crippen LogP contribution in [0.1, 0.15) is 66.9 Å². The number of anilines is 1. The number of likely N-dealkylation sites (N-methyl/N-ethyl adjacent to an activating group) is 2. The molecule has 5 amide bonds.